The smallest absolute Gasteiger partial charge is 0.323 e. The number of nitrogen functional groups attached to an aromatic ring is 1. The summed E-state index contributed by atoms with van der Waals surface area (Å²) >= 11 is 0. The number of nitrogens with one attached hydrogen (secondary N) is 2. The van der Waals surface area contributed by atoms with Crippen molar-refractivity contribution in [3.63, 3.8) is 0 Å². The zero-order valence-corrected chi connectivity index (χ0v) is 19.0. The summed E-state index contributed by atoms with van der Waals surface area (Å²) in [5.41, 5.74) is 10.8. The van der Waals surface area contributed by atoms with Crippen LogP contribution in [0.15, 0.2) is 55.0 Å². The number of nitrogens with zero attached hydrogens (tertiary/aromatic N) is 3. The van der Waals surface area contributed by atoms with Gasteiger partial charge in [-0.25, -0.2) is 14.8 Å². The van der Waals surface area contributed by atoms with Gasteiger partial charge >= 0.3 is 6.03 Å². The third-order valence-corrected chi connectivity index (χ3v) is 5.46. The SMILES string of the molecule is Cc1ccc(C)c(NC(=O)Nc2cccc(C(=O)c3cn(C(C)C)c4ncnc(N)c34)c2)c1. The average molecular weight is 443 g/mol. The van der Waals surface area contributed by atoms with Gasteiger partial charge in [0.15, 0.2) is 5.78 Å². The van der Waals surface area contributed by atoms with Crippen LogP contribution in [0.5, 0.6) is 0 Å². The van der Waals surface area contributed by atoms with Crippen molar-refractivity contribution in [3.8, 4) is 0 Å². The first kappa shape index (κ1) is 22.0. The van der Waals surface area contributed by atoms with Crippen LogP contribution in [-0.4, -0.2) is 26.3 Å². The Labute approximate surface area is 191 Å². The number of carbonyl (C=O) groups is 2. The summed E-state index contributed by atoms with van der Waals surface area (Å²) in [7, 11) is 0. The van der Waals surface area contributed by atoms with E-state index in [1.165, 1.54) is 6.33 Å². The van der Waals surface area contributed by atoms with Gasteiger partial charge in [-0.15, -0.1) is 0 Å². The maximum absolute atomic E-state index is 13.4. The highest BCUT2D eigenvalue weighted by Gasteiger charge is 2.21. The molecule has 8 nitrogen and oxygen atoms in total. The van der Waals surface area contributed by atoms with E-state index in [1.807, 2.05) is 50.5 Å². The normalized spacial score (nSPS) is 11.1. The number of ketones is 1. The Morgan fingerprint density at radius 2 is 1.82 bits per heavy atom. The molecule has 8 heteroatoms. The molecule has 0 spiro atoms. The van der Waals surface area contributed by atoms with E-state index >= 15 is 0 Å². The minimum atomic E-state index is -0.387. The van der Waals surface area contributed by atoms with Gasteiger partial charge in [-0.05, 0) is 57.0 Å². The lowest BCUT2D eigenvalue weighted by Crippen LogP contribution is -2.20. The number of nitrogens with two attached hydrogens (primary N) is 1. The summed E-state index contributed by atoms with van der Waals surface area (Å²) in [6, 6.07) is 12.3. The second-order valence-electron chi connectivity index (χ2n) is 8.31. The van der Waals surface area contributed by atoms with Crippen LogP contribution in [0.4, 0.5) is 22.0 Å². The molecule has 4 aromatic rings. The van der Waals surface area contributed by atoms with Crippen molar-refractivity contribution in [1.29, 1.82) is 0 Å². The quantitative estimate of drug-likeness (QED) is 0.373. The summed E-state index contributed by atoms with van der Waals surface area (Å²) in [6.45, 7) is 7.90. The van der Waals surface area contributed by atoms with Crippen molar-refractivity contribution in [1.82, 2.24) is 14.5 Å². The number of aromatic nitrogens is 3. The van der Waals surface area contributed by atoms with Crippen molar-refractivity contribution >= 4 is 40.0 Å². The van der Waals surface area contributed by atoms with E-state index in [-0.39, 0.29) is 23.7 Å². The van der Waals surface area contributed by atoms with E-state index in [1.54, 1.807) is 30.5 Å². The second kappa shape index (κ2) is 8.74. The van der Waals surface area contributed by atoms with E-state index in [2.05, 4.69) is 20.6 Å². The Morgan fingerprint density at radius 3 is 2.58 bits per heavy atom. The predicted octanol–water partition coefficient (Wildman–Crippen LogP) is 5.09. The predicted molar refractivity (Wildman–Crippen MR) is 131 cm³/mol. The van der Waals surface area contributed by atoms with Gasteiger partial charge in [-0.2, -0.15) is 0 Å². The molecule has 0 saturated carbocycles. The summed E-state index contributed by atoms with van der Waals surface area (Å²) in [6.07, 6.45) is 3.15. The first-order chi connectivity index (χ1) is 15.7. The highest BCUT2D eigenvalue weighted by atomic mass is 16.2. The topological polar surface area (TPSA) is 115 Å². The molecule has 0 radical (unpaired) electrons. The maximum atomic E-state index is 13.4. The van der Waals surface area contributed by atoms with Crippen LogP contribution in [0.2, 0.25) is 0 Å². The van der Waals surface area contributed by atoms with Crippen LogP contribution in [0.1, 0.15) is 46.9 Å². The van der Waals surface area contributed by atoms with Crippen LogP contribution >= 0.6 is 0 Å². The van der Waals surface area contributed by atoms with Crippen LogP contribution in [-0.2, 0) is 0 Å². The monoisotopic (exact) mass is 442 g/mol. The second-order valence-corrected chi connectivity index (χ2v) is 8.31. The molecule has 2 aromatic carbocycles. The molecule has 4 rings (SSSR count). The van der Waals surface area contributed by atoms with Crippen molar-refractivity contribution in [2.75, 3.05) is 16.4 Å². The number of hydrogen-bond acceptors (Lipinski definition) is 5. The Hall–Kier alpha value is -4.20. The standard InChI is InChI=1S/C25H26N6O2/c1-14(2)31-12-19(21-23(26)27-13-28-24(21)31)22(32)17-6-5-7-18(11-17)29-25(33)30-20-10-15(3)8-9-16(20)4/h5-14H,1-4H3,(H2,26,27,28)(H2,29,30,33). The summed E-state index contributed by atoms with van der Waals surface area (Å²) in [4.78, 5) is 34.3. The fraction of sp³-hybridized carbons (Fsp3) is 0.200. The number of urea groups is 1. The molecular formula is C25H26N6O2. The van der Waals surface area contributed by atoms with Crippen LogP contribution in [0.3, 0.4) is 0 Å². The lowest BCUT2D eigenvalue weighted by molar-refractivity contribution is 0.104. The zero-order chi connectivity index (χ0) is 23.7. The number of benzene rings is 2. The lowest BCUT2D eigenvalue weighted by Gasteiger charge is -2.11. The number of fused-ring (bicyclic) bond motifs is 1. The molecule has 0 aliphatic rings. The summed E-state index contributed by atoms with van der Waals surface area (Å²) < 4.78 is 1.90. The van der Waals surface area contributed by atoms with Crippen LogP contribution in [0.25, 0.3) is 11.0 Å². The molecule has 168 valence electrons. The number of aryl methyl sites for hydroxylation is 2. The largest absolute Gasteiger partial charge is 0.383 e. The lowest BCUT2D eigenvalue weighted by atomic mass is 10.0. The molecule has 0 unspecified atom stereocenters. The van der Waals surface area contributed by atoms with Gasteiger partial charge in [0.1, 0.15) is 17.8 Å². The van der Waals surface area contributed by atoms with E-state index in [4.69, 9.17) is 5.73 Å². The Bertz CT molecular complexity index is 1370. The molecule has 2 amide bonds. The highest BCUT2D eigenvalue weighted by Crippen LogP contribution is 2.29. The first-order valence-electron chi connectivity index (χ1n) is 10.7. The molecule has 0 bridgehead atoms. The number of hydrogen-bond donors (Lipinski definition) is 3. The molecule has 2 aromatic heterocycles. The van der Waals surface area contributed by atoms with Gasteiger partial charge in [0, 0.05) is 29.2 Å². The van der Waals surface area contributed by atoms with Gasteiger partial charge in [-0.3, -0.25) is 4.79 Å². The Kier molecular flexibility index (Phi) is 5.83. The molecule has 0 atom stereocenters. The summed E-state index contributed by atoms with van der Waals surface area (Å²) in [5.74, 6) is 0.0319. The Balaban J connectivity index is 1.61. The van der Waals surface area contributed by atoms with E-state index in [9.17, 15) is 9.59 Å². The van der Waals surface area contributed by atoms with Crippen LogP contribution in [0, 0.1) is 13.8 Å². The number of amides is 2. The third kappa shape index (κ3) is 4.41. The maximum Gasteiger partial charge on any atom is 0.323 e. The number of carbonyl (C=O) groups excluding carboxylic acids is 2. The molecule has 0 aliphatic carbocycles. The van der Waals surface area contributed by atoms with Crippen molar-refractivity contribution in [2.45, 2.75) is 33.7 Å². The molecule has 4 N–H and O–H groups in total. The first-order valence-corrected chi connectivity index (χ1v) is 10.7. The molecular weight excluding hydrogens is 416 g/mol. The highest BCUT2D eigenvalue weighted by molar-refractivity contribution is 6.18. The van der Waals surface area contributed by atoms with Gasteiger partial charge < -0.3 is 20.9 Å². The van der Waals surface area contributed by atoms with E-state index in [0.717, 1.165) is 16.8 Å². The minimum Gasteiger partial charge on any atom is -0.383 e. The Morgan fingerprint density at radius 1 is 1.03 bits per heavy atom. The van der Waals surface area contributed by atoms with Crippen molar-refractivity contribution in [2.24, 2.45) is 0 Å². The van der Waals surface area contributed by atoms with Gasteiger partial charge in [-0.1, -0.05) is 24.3 Å². The van der Waals surface area contributed by atoms with Gasteiger partial charge in [0.25, 0.3) is 0 Å². The average Bonchev–Trinajstić information content (AvgIpc) is 3.17. The fourth-order valence-electron chi connectivity index (χ4n) is 3.72. The van der Waals surface area contributed by atoms with E-state index < -0.39 is 0 Å². The molecule has 0 saturated heterocycles. The van der Waals surface area contributed by atoms with Crippen LogP contribution < -0.4 is 16.4 Å². The third-order valence-electron chi connectivity index (χ3n) is 5.46. The fourth-order valence-corrected chi connectivity index (χ4v) is 3.72. The molecule has 2 heterocycles. The summed E-state index contributed by atoms with van der Waals surface area (Å²) in [5, 5.41) is 6.18. The van der Waals surface area contributed by atoms with E-state index in [0.29, 0.717) is 27.8 Å². The minimum absolute atomic E-state index is 0.0881. The number of anilines is 3. The molecule has 0 fully saturated rings. The van der Waals surface area contributed by atoms with Crippen molar-refractivity contribution in [3.05, 3.63) is 77.2 Å². The molecule has 33 heavy (non-hydrogen) atoms. The zero-order valence-electron chi connectivity index (χ0n) is 19.0. The van der Waals surface area contributed by atoms with Gasteiger partial charge in [0.05, 0.1) is 10.9 Å². The van der Waals surface area contributed by atoms with Crippen molar-refractivity contribution < 1.29 is 9.59 Å². The number of rotatable bonds is 5. The van der Waals surface area contributed by atoms with Gasteiger partial charge in [0.2, 0.25) is 0 Å². The molecule has 0 aliphatic heterocycles.